The van der Waals surface area contributed by atoms with Crippen LogP contribution in [0, 0.1) is 0 Å². The van der Waals surface area contributed by atoms with Crippen LogP contribution in [0.2, 0.25) is 10.0 Å². The highest BCUT2D eigenvalue weighted by Crippen LogP contribution is 2.23. The summed E-state index contributed by atoms with van der Waals surface area (Å²) < 4.78 is 2.06. The Morgan fingerprint density at radius 1 is 1.21 bits per heavy atom. The molecule has 0 aliphatic rings. The van der Waals surface area contributed by atoms with Gasteiger partial charge in [-0.2, -0.15) is 0 Å². The van der Waals surface area contributed by atoms with E-state index in [1.165, 1.54) is 11.8 Å². The Labute approximate surface area is 156 Å². The quantitative estimate of drug-likeness (QED) is 0.669. The lowest BCUT2D eigenvalue weighted by Crippen LogP contribution is -2.14. The Morgan fingerprint density at radius 2 is 1.92 bits per heavy atom. The summed E-state index contributed by atoms with van der Waals surface area (Å²) >= 11 is 13.2. The smallest absolute Gasteiger partial charge is 0.234 e. The van der Waals surface area contributed by atoms with Crippen LogP contribution >= 0.6 is 35.0 Å². The summed E-state index contributed by atoms with van der Waals surface area (Å²) in [5.41, 5.74) is 0.582. The van der Waals surface area contributed by atoms with Crippen molar-refractivity contribution in [1.29, 1.82) is 0 Å². The van der Waals surface area contributed by atoms with Gasteiger partial charge < -0.3 is 9.88 Å². The van der Waals surface area contributed by atoms with Crippen molar-refractivity contribution in [2.24, 2.45) is 0 Å². The van der Waals surface area contributed by atoms with Gasteiger partial charge in [0.05, 0.1) is 5.75 Å². The van der Waals surface area contributed by atoms with Crippen molar-refractivity contribution in [1.82, 2.24) is 14.8 Å². The lowest BCUT2D eigenvalue weighted by atomic mass is 10.2. The Morgan fingerprint density at radius 3 is 2.54 bits per heavy atom. The predicted octanol–water partition coefficient (Wildman–Crippen LogP) is 4.68. The number of benzene rings is 1. The molecule has 8 heteroatoms. The zero-order chi connectivity index (χ0) is 17.5. The van der Waals surface area contributed by atoms with Crippen LogP contribution in [0.25, 0.3) is 0 Å². The van der Waals surface area contributed by atoms with Gasteiger partial charge in [0.1, 0.15) is 5.82 Å². The Kier molecular flexibility index (Phi) is 7.40. The molecule has 0 aliphatic carbocycles. The first kappa shape index (κ1) is 19.1. The maximum atomic E-state index is 12.1. The second-order valence-electron chi connectivity index (χ2n) is 5.24. The monoisotopic (exact) mass is 386 g/mol. The zero-order valence-electron chi connectivity index (χ0n) is 13.7. The molecule has 2 rings (SSSR count). The van der Waals surface area contributed by atoms with E-state index in [9.17, 15) is 4.79 Å². The van der Waals surface area contributed by atoms with E-state index in [0.29, 0.717) is 15.7 Å². The number of anilines is 1. The number of thioether (sulfide) groups is 1. The number of carbonyl (C=O) groups excluding carboxylic acids is 1. The lowest BCUT2D eigenvalue weighted by molar-refractivity contribution is -0.113. The maximum absolute atomic E-state index is 12.1. The second kappa shape index (κ2) is 9.30. The molecule has 1 aromatic heterocycles. The van der Waals surface area contributed by atoms with Crippen LogP contribution in [0.1, 0.15) is 32.5 Å². The molecule has 1 amide bonds. The highest BCUT2D eigenvalue weighted by atomic mass is 35.5. The number of unbranched alkanes of at least 4 members (excludes halogenated alkanes) is 1. The first-order valence-corrected chi connectivity index (χ1v) is 9.58. The number of aromatic nitrogens is 3. The number of nitrogens with one attached hydrogen (secondary N) is 1. The number of hydrogen-bond acceptors (Lipinski definition) is 4. The van der Waals surface area contributed by atoms with Crippen LogP contribution in [-0.2, 0) is 17.8 Å². The number of rotatable bonds is 8. The Bertz CT molecular complexity index is 685. The molecule has 1 aromatic carbocycles. The van der Waals surface area contributed by atoms with E-state index in [4.69, 9.17) is 23.2 Å². The Balaban J connectivity index is 1.95. The molecule has 5 nitrogen and oxygen atoms in total. The third-order valence-electron chi connectivity index (χ3n) is 3.34. The fourth-order valence-corrected chi connectivity index (χ4v) is 3.56. The van der Waals surface area contributed by atoms with Crippen LogP contribution in [-0.4, -0.2) is 26.4 Å². The maximum Gasteiger partial charge on any atom is 0.234 e. The largest absolute Gasteiger partial charge is 0.325 e. The molecule has 0 aliphatic heterocycles. The molecule has 24 heavy (non-hydrogen) atoms. The van der Waals surface area contributed by atoms with E-state index in [-0.39, 0.29) is 11.7 Å². The fourth-order valence-electron chi connectivity index (χ4n) is 2.22. The SMILES string of the molecule is CCCCc1nnc(SCC(=O)Nc2cc(Cl)cc(Cl)c2)n1CC. The molecule has 1 heterocycles. The van der Waals surface area contributed by atoms with Crippen molar-refractivity contribution in [3.05, 3.63) is 34.1 Å². The first-order chi connectivity index (χ1) is 11.5. The number of aryl methyl sites for hydroxylation is 1. The fraction of sp³-hybridized carbons (Fsp3) is 0.438. The average molecular weight is 387 g/mol. The molecule has 0 unspecified atom stereocenters. The minimum Gasteiger partial charge on any atom is -0.325 e. The Hall–Kier alpha value is -1.24. The molecule has 0 saturated carbocycles. The van der Waals surface area contributed by atoms with Gasteiger partial charge in [0, 0.05) is 28.7 Å². The van der Waals surface area contributed by atoms with Gasteiger partial charge in [0.2, 0.25) is 5.91 Å². The third kappa shape index (κ3) is 5.40. The van der Waals surface area contributed by atoms with Crippen LogP contribution in [0.4, 0.5) is 5.69 Å². The minimum absolute atomic E-state index is 0.140. The van der Waals surface area contributed by atoms with Gasteiger partial charge in [-0.3, -0.25) is 4.79 Å². The van der Waals surface area contributed by atoms with Crippen molar-refractivity contribution in [3.63, 3.8) is 0 Å². The van der Waals surface area contributed by atoms with Crippen LogP contribution in [0.15, 0.2) is 23.4 Å². The summed E-state index contributed by atoms with van der Waals surface area (Å²) in [6, 6.07) is 4.94. The van der Waals surface area contributed by atoms with E-state index in [1.54, 1.807) is 18.2 Å². The minimum atomic E-state index is -0.140. The summed E-state index contributed by atoms with van der Waals surface area (Å²) in [6.07, 6.45) is 3.10. The van der Waals surface area contributed by atoms with E-state index < -0.39 is 0 Å². The molecule has 130 valence electrons. The molecular weight excluding hydrogens is 367 g/mol. The van der Waals surface area contributed by atoms with Crippen LogP contribution < -0.4 is 5.32 Å². The number of hydrogen-bond donors (Lipinski definition) is 1. The topological polar surface area (TPSA) is 59.8 Å². The summed E-state index contributed by atoms with van der Waals surface area (Å²) in [5.74, 6) is 1.08. The predicted molar refractivity (Wildman–Crippen MR) is 100 cm³/mol. The normalized spacial score (nSPS) is 10.8. The average Bonchev–Trinajstić information content (AvgIpc) is 2.91. The molecule has 0 spiro atoms. The van der Waals surface area contributed by atoms with Gasteiger partial charge in [0.25, 0.3) is 0 Å². The first-order valence-electron chi connectivity index (χ1n) is 7.84. The zero-order valence-corrected chi connectivity index (χ0v) is 16.0. The van der Waals surface area contributed by atoms with Crippen molar-refractivity contribution < 1.29 is 4.79 Å². The molecule has 0 saturated heterocycles. The number of carbonyl (C=O) groups is 1. The van der Waals surface area contributed by atoms with Gasteiger partial charge in [-0.25, -0.2) is 0 Å². The summed E-state index contributed by atoms with van der Waals surface area (Å²) in [5, 5.41) is 13.0. The van der Waals surface area contributed by atoms with Crippen LogP contribution in [0.5, 0.6) is 0 Å². The number of amides is 1. The van der Waals surface area contributed by atoms with E-state index in [2.05, 4.69) is 33.9 Å². The summed E-state index contributed by atoms with van der Waals surface area (Å²) in [7, 11) is 0. The van der Waals surface area contributed by atoms with Crippen molar-refractivity contribution in [2.45, 2.75) is 44.8 Å². The van der Waals surface area contributed by atoms with E-state index in [1.807, 2.05) is 0 Å². The molecule has 1 N–H and O–H groups in total. The summed E-state index contributed by atoms with van der Waals surface area (Å²) in [6.45, 7) is 4.99. The number of nitrogens with zero attached hydrogens (tertiary/aromatic N) is 3. The molecular formula is C16H20Cl2N4OS. The number of halogens is 2. The summed E-state index contributed by atoms with van der Waals surface area (Å²) in [4.78, 5) is 12.1. The van der Waals surface area contributed by atoms with Gasteiger partial charge in [-0.05, 0) is 31.5 Å². The molecule has 0 bridgehead atoms. The van der Waals surface area contributed by atoms with Gasteiger partial charge in [0.15, 0.2) is 5.16 Å². The lowest BCUT2D eigenvalue weighted by Gasteiger charge is -2.08. The molecule has 0 atom stereocenters. The van der Waals surface area contributed by atoms with Gasteiger partial charge in [-0.15, -0.1) is 10.2 Å². The highest BCUT2D eigenvalue weighted by Gasteiger charge is 2.13. The van der Waals surface area contributed by atoms with E-state index in [0.717, 1.165) is 36.8 Å². The standard InChI is InChI=1S/C16H20Cl2N4OS/c1-3-5-6-14-20-21-16(22(14)4-2)24-10-15(23)19-13-8-11(17)7-12(18)9-13/h7-9H,3-6,10H2,1-2H3,(H,19,23). The van der Waals surface area contributed by atoms with E-state index >= 15 is 0 Å². The highest BCUT2D eigenvalue weighted by molar-refractivity contribution is 7.99. The molecule has 0 radical (unpaired) electrons. The second-order valence-corrected chi connectivity index (χ2v) is 7.06. The van der Waals surface area contributed by atoms with Gasteiger partial charge in [-0.1, -0.05) is 48.3 Å². The van der Waals surface area contributed by atoms with Crippen molar-refractivity contribution in [3.8, 4) is 0 Å². The van der Waals surface area contributed by atoms with Crippen molar-refractivity contribution in [2.75, 3.05) is 11.1 Å². The van der Waals surface area contributed by atoms with Gasteiger partial charge >= 0.3 is 0 Å². The van der Waals surface area contributed by atoms with Crippen molar-refractivity contribution >= 4 is 46.6 Å². The third-order valence-corrected chi connectivity index (χ3v) is 4.75. The van der Waals surface area contributed by atoms with Crippen LogP contribution in [0.3, 0.4) is 0 Å². The molecule has 2 aromatic rings. The molecule has 0 fully saturated rings.